The van der Waals surface area contributed by atoms with Gasteiger partial charge in [-0.15, -0.1) is 0 Å². The van der Waals surface area contributed by atoms with Crippen molar-refractivity contribution in [2.24, 2.45) is 11.1 Å². The Kier molecular flexibility index (Phi) is 3.61. The molecule has 18 heavy (non-hydrogen) atoms. The standard InChI is InChI=1S/C13H15FN2OS/c14-9-4-3-5-10(8-9)16-12(17)13(11(15)18)6-1-2-7-13/h3-5,8H,1-2,6-7H2,(H2,15,18)(H,16,17). The predicted molar refractivity (Wildman–Crippen MR) is 72.7 cm³/mol. The Labute approximate surface area is 111 Å². The lowest BCUT2D eigenvalue weighted by molar-refractivity contribution is -0.122. The number of rotatable bonds is 3. The van der Waals surface area contributed by atoms with Crippen molar-refractivity contribution in [3.8, 4) is 0 Å². The van der Waals surface area contributed by atoms with E-state index < -0.39 is 5.41 Å². The molecule has 3 N–H and O–H groups in total. The summed E-state index contributed by atoms with van der Waals surface area (Å²) >= 11 is 5.03. The third kappa shape index (κ3) is 2.36. The van der Waals surface area contributed by atoms with Crippen molar-refractivity contribution in [3.63, 3.8) is 0 Å². The van der Waals surface area contributed by atoms with Crippen LogP contribution in [-0.2, 0) is 4.79 Å². The van der Waals surface area contributed by atoms with Crippen LogP contribution in [0.4, 0.5) is 10.1 Å². The van der Waals surface area contributed by atoms with Gasteiger partial charge in [-0.3, -0.25) is 4.79 Å². The summed E-state index contributed by atoms with van der Waals surface area (Å²) in [5.74, 6) is -0.610. The average molecular weight is 266 g/mol. The summed E-state index contributed by atoms with van der Waals surface area (Å²) in [6.45, 7) is 0. The van der Waals surface area contributed by atoms with Gasteiger partial charge in [0.05, 0.1) is 10.4 Å². The molecule has 3 nitrogen and oxygen atoms in total. The molecule has 1 fully saturated rings. The highest BCUT2D eigenvalue weighted by atomic mass is 32.1. The molecule has 0 unspecified atom stereocenters. The zero-order chi connectivity index (χ0) is 13.2. The quantitative estimate of drug-likeness (QED) is 0.827. The van der Waals surface area contributed by atoms with Crippen LogP contribution in [0, 0.1) is 11.2 Å². The Morgan fingerprint density at radius 2 is 2.06 bits per heavy atom. The van der Waals surface area contributed by atoms with Gasteiger partial charge in [0.1, 0.15) is 5.82 Å². The molecule has 1 aliphatic rings. The minimum atomic E-state index is -0.762. The molecule has 1 aliphatic carbocycles. The third-order valence-corrected chi connectivity index (χ3v) is 3.84. The molecule has 0 atom stereocenters. The third-order valence-electron chi connectivity index (χ3n) is 3.45. The van der Waals surface area contributed by atoms with Crippen molar-refractivity contribution in [3.05, 3.63) is 30.1 Å². The van der Waals surface area contributed by atoms with Gasteiger partial charge in [-0.2, -0.15) is 0 Å². The summed E-state index contributed by atoms with van der Waals surface area (Å²) in [5.41, 5.74) is 5.38. The van der Waals surface area contributed by atoms with Crippen molar-refractivity contribution in [2.45, 2.75) is 25.7 Å². The lowest BCUT2D eigenvalue weighted by atomic mass is 9.85. The molecule has 1 aromatic carbocycles. The number of nitrogens with one attached hydrogen (secondary N) is 1. The summed E-state index contributed by atoms with van der Waals surface area (Å²) < 4.78 is 13.0. The number of benzene rings is 1. The SMILES string of the molecule is NC(=S)C1(C(=O)Nc2cccc(F)c2)CCCC1. The van der Waals surface area contributed by atoms with E-state index in [4.69, 9.17) is 18.0 Å². The van der Waals surface area contributed by atoms with E-state index in [1.807, 2.05) is 0 Å². The van der Waals surface area contributed by atoms with Crippen LogP contribution < -0.4 is 11.1 Å². The molecule has 1 aromatic rings. The van der Waals surface area contributed by atoms with E-state index >= 15 is 0 Å². The van der Waals surface area contributed by atoms with Gasteiger partial charge in [-0.25, -0.2) is 4.39 Å². The maximum atomic E-state index is 13.0. The van der Waals surface area contributed by atoms with E-state index in [2.05, 4.69) is 5.32 Å². The van der Waals surface area contributed by atoms with Gasteiger partial charge >= 0.3 is 0 Å². The number of anilines is 1. The number of thiocarbonyl (C=S) groups is 1. The van der Waals surface area contributed by atoms with Gasteiger partial charge in [-0.05, 0) is 31.0 Å². The zero-order valence-corrected chi connectivity index (χ0v) is 10.7. The molecule has 0 bridgehead atoms. The molecule has 0 aliphatic heterocycles. The Morgan fingerprint density at radius 1 is 1.39 bits per heavy atom. The second kappa shape index (κ2) is 5.02. The molecular formula is C13H15FN2OS. The molecular weight excluding hydrogens is 251 g/mol. The molecule has 1 amide bonds. The van der Waals surface area contributed by atoms with E-state index in [9.17, 15) is 9.18 Å². The maximum absolute atomic E-state index is 13.0. The van der Waals surface area contributed by atoms with E-state index in [1.54, 1.807) is 12.1 Å². The largest absolute Gasteiger partial charge is 0.392 e. The highest BCUT2D eigenvalue weighted by molar-refractivity contribution is 7.80. The Bertz CT molecular complexity index is 484. The van der Waals surface area contributed by atoms with Gasteiger partial charge in [0.15, 0.2) is 0 Å². The number of halogens is 1. The molecule has 0 aromatic heterocycles. The van der Waals surface area contributed by atoms with Crippen LogP contribution in [0.1, 0.15) is 25.7 Å². The summed E-state index contributed by atoms with van der Waals surface area (Å²) in [4.78, 5) is 12.5. The van der Waals surface area contributed by atoms with Crippen LogP contribution in [0.2, 0.25) is 0 Å². The van der Waals surface area contributed by atoms with Crippen molar-refractivity contribution in [1.82, 2.24) is 0 Å². The number of nitrogens with two attached hydrogens (primary N) is 1. The lowest BCUT2D eigenvalue weighted by Crippen LogP contribution is -2.43. The number of carbonyl (C=O) groups excluding carboxylic acids is 1. The first-order valence-corrected chi connectivity index (χ1v) is 6.32. The van der Waals surface area contributed by atoms with Crippen LogP contribution >= 0.6 is 12.2 Å². The van der Waals surface area contributed by atoms with Crippen LogP contribution in [0.5, 0.6) is 0 Å². The Balaban J connectivity index is 2.18. The summed E-state index contributed by atoms with van der Waals surface area (Å²) in [5, 5.41) is 2.70. The van der Waals surface area contributed by atoms with Crippen molar-refractivity contribution in [1.29, 1.82) is 0 Å². The van der Waals surface area contributed by atoms with Crippen LogP contribution in [0.3, 0.4) is 0 Å². The molecule has 5 heteroatoms. The number of hydrogen-bond donors (Lipinski definition) is 2. The fraction of sp³-hybridized carbons (Fsp3) is 0.385. The molecule has 0 spiro atoms. The number of hydrogen-bond acceptors (Lipinski definition) is 2. The second-order valence-electron chi connectivity index (χ2n) is 4.62. The van der Waals surface area contributed by atoms with Gasteiger partial charge in [0, 0.05) is 5.69 Å². The Hall–Kier alpha value is -1.49. The first kappa shape index (κ1) is 13.0. The summed E-state index contributed by atoms with van der Waals surface area (Å²) in [7, 11) is 0. The minimum Gasteiger partial charge on any atom is -0.392 e. The van der Waals surface area contributed by atoms with E-state index in [0.29, 0.717) is 18.5 Å². The highest BCUT2D eigenvalue weighted by Crippen LogP contribution is 2.39. The second-order valence-corrected chi connectivity index (χ2v) is 5.06. The zero-order valence-electron chi connectivity index (χ0n) is 9.91. The van der Waals surface area contributed by atoms with E-state index in [-0.39, 0.29) is 16.7 Å². The predicted octanol–water partition coefficient (Wildman–Crippen LogP) is 2.61. The Morgan fingerprint density at radius 3 is 2.61 bits per heavy atom. The van der Waals surface area contributed by atoms with Gasteiger partial charge in [0.25, 0.3) is 0 Å². The topological polar surface area (TPSA) is 55.1 Å². The molecule has 1 saturated carbocycles. The monoisotopic (exact) mass is 266 g/mol. The summed E-state index contributed by atoms with van der Waals surface area (Å²) in [6, 6.07) is 5.80. The fourth-order valence-corrected chi connectivity index (χ4v) is 2.68. The number of carbonyl (C=O) groups is 1. The molecule has 0 radical (unpaired) electrons. The van der Waals surface area contributed by atoms with Gasteiger partial charge in [-0.1, -0.05) is 31.1 Å². The van der Waals surface area contributed by atoms with E-state index in [0.717, 1.165) is 12.8 Å². The fourth-order valence-electron chi connectivity index (χ4n) is 2.38. The van der Waals surface area contributed by atoms with Crippen LogP contribution in [-0.4, -0.2) is 10.9 Å². The van der Waals surface area contributed by atoms with Gasteiger partial charge in [0.2, 0.25) is 5.91 Å². The van der Waals surface area contributed by atoms with Crippen molar-refractivity contribution >= 4 is 28.8 Å². The summed E-state index contributed by atoms with van der Waals surface area (Å²) in [6.07, 6.45) is 3.22. The van der Waals surface area contributed by atoms with Crippen LogP contribution in [0.25, 0.3) is 0 Å². The van der Waals surface area contributed by atoms with Crippen LogP contribution in [0.15, 0.2) is 24.3 Å². The molecule has 96 valence electrons. The molecule has 0 saturated heterocycles. The average Bonchev–Trinajstić information content (AvgIpc) is 2.79. The first-order valence-electron chi connectivity index (χ1n) is 5.91. The minimum absolute atomic E-state index is 0.224. The van der Waals surface area contributed by atoms with Crippen molar-refractivity contribution < 1.29 is 9.18 Å². The lowest BCUT2D eigenvalue weighted by Gasteiger charge is -2.26. The highest BCUT2D eigenvalue weighted by Gasteiger charge is 2.43. The van der Waals surface area contributed by atoms with Crippen molar-refractivity contribution in [2.75, 3.05) is 5.32 Å². The van der Waals surface area contributed by atoms with Gasteiger partial charge < -0.3 is 11.1 Å². The number of amides is 1. The normalized spacial score (nSPS) is 17.4. The molecule has 2 rings (SSSR count). The first-order chi connectivity index (χ1) is 8.54. The molecule has 0 heterocycles. The van der Waals surface area contributed by atoms with E-state index in [1.165, 1.54) is 12.1 Å². The maximum Gasteiger partial charge on any atom is 0.237 e. The smallest absolute Gasteiger partial charge is 0.237 e.